The van der Waals surface area contributed by atoms with E-state index in [9.17, 15) is 23.5 Å². The summed E-state index contributed by atoms with van der Waals surface area (Å²) in [5, 5.41) is 9.53. The zero-order chi connectivity index (χ0) is 24.1. The molecule has 4 nitrogen and oxygen atoms in total. The number of aromatic carboxylic acids is 1. The van der Waals surface area contributed by atoms with Crippen molar-refractivity contribution in [1.82, 2.24) is 0 Å². The van der Waals surface area contributed by atoms with Gasteiger partial charge in [0, 0.05) is 17.7 Å². The predicted octanol–water partition coefficient (Wildman–Crippen LogP) is 6.62. The maximum Gasteiger partial charge on any atom is 0.339 e. The topological polar surface area (TPSA) is 63.6 Å². The van der Waals surface area contributed by atoms with Gasteiger partial charge in [0.15, 0.2) is 0 Å². The lowest BCUT2D eigenvalue weighted by Gasteiger charge is -2.09. The number of rotatable bonds is 6. The predicted molar refractivity (Wildman–Crippen MR) is 125 cm³/mol. The van der Waals surface area contributed by atoms with Crippen LogP contribution >= 0.6 is 0 Å². The van der Waals surface area contributed by atoms with Crippen LogP contribution in [0.15, 0.2) is 97.1 Å². The fourth-order valence-corrected chi connectivity index (χ4v) is 3.40. The zero-order valence-corrected chi connectivity index (χ0v) is 17.7. The number of ether oxygens (including phenoxy) is 1. The standard InChI is InChI=1S/C28H18F2O4/c29-22-12-13-23(25(30)17-22)21-11-14-26(24(16-21)28(32)33)34-27(31)15-8-18-6-9-20(10-7-18)19-4-2-1-3-5-19/h1-17H,(H,32,33). The van der Waals surface area contributed by atoms with Crippen LogP contribution < -0.4 is 4.74 Å². The van der Waals surface area contributed by atoms with E-state index in [1.165, 1.54) is 30.3 Å². The molecular weight excluding hydrogens is 438 g/mol. The summed E-state index contributed by atoms with van der Waals surface area (Å²) < 4.78 is 32.5. The normalized spacial score (nSPS) is 10.9. The van der Waals surface area contributed by atoms with Gasteiger partial charge in [-0.25, -0.2) is 18.4 Å². The summed E-state index contributed by atoms with van der Waals surface area (Å²) in [6, 6.07) is 24.2. The fourth-order valence-electron chi connectivity index (χ4n) is 3.40. The molecule has 168 valence electrons. The molecule has 6 heteroatoms. The molecule has 0 aliphatic carbocycles. The van der Waals surface area contributed by atoms with E-state index >= 15 is 0 Å². The molecule has 34 heavy (non-hydrogen) atoms. The number of carbonyl (C=O) groups is 2. The SMILES string of the molecule is O=C(C=Cc1ccc(-c2ccccc2)cc1)Oc1ccc(-c2ccc(F)cc2F)cc1C(=O)O. The lowest BCUT2D eigenvalue weighted by Crippen LogP contribution is -2.08. The lowest BCUT2D eigenvalue weighted by molar-refractivity contribution is -0.128. The van der Waals surface area contributed by atoms with Gasteiger partial charge in [0.1, 0.15) is 22.9 Å². The highest BCUT2D eigenvalue weighted by Gasteiger charge is 2.17. The van der Waals surface area contributed by atoms with Crippen molar-refractivity contribution in [2.75, 3.05) is 0 Å². The molecule has 0 heterocycles. The molecule has 0 atom stereocenters. The van der Waals surface area contributed by atoms with E-state index in [4.69, 9.17) is 4.74 Å². The Balaban J connectivity index is 1.50. The van der Waals surface area contributed by atoms with Gasteiger partial charge in [0.05, 0.1) is 0 Å². The Kier molecular flexibility index (Phi) is 6.59. The number of halogens is 2. The number of carboxylic acid groups (broad SMARTS) is 1. The van der Waals surface area contributed by atoms with Crippen molar-refractivity contribution in [3.63, 3.8) is 0 Å². The van der Waals surface area contributed by atoms with Gasteiger partial charge in [0.25, 0.3) is 0 Å². The first-order chi connectivity index (χ1) is 16.4. The average molecular weight is 456 g/mol. The van der Waals surface area contributed by atoms with Crippen LogP contribution in [0, 0.1) is 11.6 Å². The van der Waals surface area contributed by atoms with Crippen molar-refractivity contribution in [1.29, 1.82) is 0 Å². The van der Waals surface area contributed by atoms with Gasteiger partial charge >= 0.3 is 11.9 Å². The lowest BCUT2D eigenvalue weighted by atomic mass is 10.0. The van der Waals surface area contributed by atoms with Crippen LogP contribution in [0.5, 0.6) is 5.75 Å². The number of hydrogen-bond acceptors (Lipinski definition) is 3. The van der Waals surface area contributed by atoms with Crippen molar-refractivity contribution in [2.45, 2.75) is 0 Å². The van der Waals surface area contributed by atoms with Crippen molar-refractivity contribution in [3.05, 3.63) is 120 Å². The quantitative estimate of drug-likeness (QED) is 0.201. The van der Waals surface area contributed by atoms with Crippen LogP contribution in [0.25, 0.3) is 28.3 Å². The van der Waals surface area contributed by atoms with Crippen LogP contribution in [-0.2, 0) is 4.79 Å². The Morgan fingerprint density at radius 1 is 0.765 bits per heavy atom. The Labute approximate surface area is 194 Å². The van der Waals surface area contributed by atoms with Crippen LogP contribution in [-0.4, -0.2) is 17.0 Å². The van der Waals surface area contributed by atoms with Gasteiger partial charge in [-0.05, 0) is 52.6 Å². The fraction of sp³-hybridized carbons (Fsp3) is 0. The first-order valence-corrected chi connectivity index (χ1v) is 10.3. The van der Waals surface area contributed by atoms with E-state index in [2.05, 4.69) is 0 Å². The van der Waals surface area contributed by atoms with Gasteiger partial charge in [-0.2, -0.15) is 0 Å². The first-order valence-electron chi connectivity index (χ1n) is 10.3. The second-order valence-electron chi connectivity index (χ2n) is 7.38. The summed E-state index contributed by atoms with van der Waals surface area (Å²) in [6.45, 7) is 0. The van der Waals surface area contributed by atoms with E-state index < -0.39 is 23.6 Å². The molecule has 0 bridgehead atoms. The summed E-state index contributed by atoms with van der Waals surface area (Å²) in [5.41, 5.74) is 2.78. The molecule has 0 aliphatic rings. The maximum absolute atomic E-state index is 14.1. The second kappa shape index (κ2) is 9.92. The van der Waals surface area contributed by atoms with Gasteiger partial charge in [-0.3, -0.25) is 0 Å². The molecule has 1 N–H and O–H groups in total. The molecule has 4 aromatic rings. The molecule has 4 aromatic carbocycles. The summed E-state index contributed by atoms with van der Waals surface area (Å²) in [6.07, 6.45) is 2.75. The highest BCUT2D eigenvalue weighted by molar-refractivity contribution is 5.95. The molecule has 0 unspecified atom stereocenters. The average Bonchev–Trinajstić information content (AvgIpc) is 2.84. The van der Waals surface area contributed by atoms with E-state index in [-0.39, 0.29) is 22.4 Å². The van der Waals surface area contributed by atoms with Gasteiger partial charge in [0.2, 0.25) is 0 Å². The summed E-state index contributed by atoms with van der Waals surface area (Å²) in [5.74, 6) is -3.88. The van der Waals surface area contributed by atoms with Crippen molar-refractivity contribution < 1.29 is 28.2 Å². The third kappa shape index (κ3) is 5.24. The highest BCUT2D eigenvalue weighted by atomic mass is 19.1. The molecule has 0 saturated carbocycles. The molecule has 0 spiro atoms. The molecule has 0 fully saturated rings. The monoisotopic (exact) mass is 456 g/mol. The largest absolute Gasteiger partial charge is 0.478 e. The molecular formula is C28H18F2O4. The van der Waals surface area contributed by atoms with E-state index in [0.29, 0.717) is 6.07 Å². The van der Waals surface area contributed by atoms with Gasteiger partial charge in [-0.1, -0.05) is 60.7 Å². The minimum Gasteiger partial charge on any atom is -0.478 e. The zero-order valence-electron chi connectivity index (χ0n) is 17.7. The minimum absolute atomic E-state index is 0.0284. The summed E-state index contributed by atoms with van der Waals surface area (Å²) in [7, 11) is 0. The van der Waals surface area contributed by atoms with Crippen LogP contribution in [0.4, 0.5) is 8.78 Å². The number of hydrogen-bond donors (Lipinski definition) is 1. The smallest absolute Gasteiger partial charge is 0.339 e. The van der Waals surface area contributed by atoms with E-state index in [1.54, 1.807) is 6.08 Å². The summed E-state index contributed by atoms with van der Waals surface area (Å²) in [4.78, 5) is 24.0. The molecule has 0 aliphatic heterocycles. The first kappa shape index (κ1) is 22.6. The Morgan fingerprint density at radius 3 is 2.12 bits per heavy atom. The van der Waals surface area contributed by atoms with E-state index in [1.807, 2.05) is 54.6 Å². The molecule has 0 radical (unpaired) electrons. The number of carboxylic acids is 1. The molecule has 4 rings (SSSR count). The van der Waals surface area contributed by atoms with Gasteiger partial charge < -0.3 is 9.84 Å². The minimum atomic E-state index is -1.35. The Bertz CT molecular complexity index is 1380. The number of esters is 1. The number of carbonyl (C=O) groups excluding carboxylic acids is 1. The van der Waals surface area contributed by atoms with Crippen LogP contribution in [0.1, 0.15) is 15.9 Å². The van der Waals surface area contributed by atoms with E-state index in [0.717, 1.165) is 22.8 Å². The van der Waals surface area contributed by atoms with Gasteiger partial charge in [-0.15, -0.1) is 0 Å². The number of benzene rings is 4. The van der Waals surface area contributed by atoms with Crippen molar-refractivity contribution in [2.24, 2.45) is 0 Å². The third-order valence-electron chi connectivity index (χ3n) is 5.09. The van der Waals surface area contributed by atoms with Crippen LogP contribution in [0.3, 0.4) is 0 Å². The van der Waals surface area contributed by atoms with Crippen molar-refractivity contribution >= 4 is 18.0 Å². The Hall–Kier alpha value is -4.58. The maximum atomic E-state index is 14.1. The Morgan fingerprint density at radius 2 is 1.44 bits per heavy atom. The van der Waals surface area contributed by atoms with Crippen molar-refractivity contribution in [3.8, 4) is 28.0 Å². The highest BCUT2D eigenvalue weighted by Crippen LogP contribution is 2.29. The molecule has 0 amide bonds. The second-order valence-corrected chi connectivity index (χ2v) is 7.38. The molecule has 0 saturated heterocycles. The van der Waals surface area contributed by atoms with Crippen LogP contribution in [0.2, 0.25) is 0 Å². The summed E-state index contributed by atoms with van der Waals surface area (Å²) >= 11 is 0. The molecule has 0 aromatic heterocycles. The third-order valence-corrected chi connectivity index (χ3v) is 5.09.